The van der Waals surface area contributed by atoms with Gasteiger partial charge in [0, 0.05) is 18.8 Å². The summed E-state index contributed by atoms with van der Waals surface area (Å²) in [4.78, 5) is 12.4. The monoisotopic (exact) mass is 454 g/mol. The molecule has 9 heteroatoms. The third-order valence-electron chi connectivity index (χ3n) is 5.23. The van der Waals surface area contributed by atoms with Crippen molar-refractivity contribution in [3.63, 3.8) is 0 Å². The quantitative estimate of drug-likeness (QED) is 0.721. The maximum atomic E-state index is 12.9. The number of carbonyl (C=O) groups excluding carboxylic acids is 1. The Kier molecular flexibility index (Phi) is 6.76. The SMILES string of the molecule is C[C@@H]1C[C@H](C)CN(S(=O)(=O)c2ccc(NC(=O)Cc3cccc(C(F)(F)F)c3)cc2)C1. The lowest BCUT2D eigenvalue weighted by Gasteiger charge is -2.34. The maximum absolute atomic E-state index is 12.9. The summed E-state index contributed by atoms with van der Waals surface area (Å²) in [6.45, 7) is 5.01. The molecule has 0 saturated carbocycles. The van der Waals surface area contributed by atoms with Crippen LogP contribution in [0.15, 0.2) is 53.4 Å². The Hall–Kier alpha value is -2.39. The zero-order valence-electron chi connectivity index (χ0n) is 17.3. The predicted octanol–water partition coefficient (Wildman–Crippen LogP) is 4.55. The molecule has 0 bridgehead atoms. The molecule has 5 nitrogen and oxygen atoms in total. The van der Waals surface area contributed by atoms with Gasteiger partial charge in [0.15, 0.2) is 0 Å². The first-order valence-corrected chi connectivity index (χ1v) is 11.5. The minimum Gasteiger partial charge on any atom is -0.326 e. The topological polar surface area (TPSA) is 66.5 Å². The van der Waals surface area contributed by atoms with E-state index in [1.165, 1.54) is 40.7 Å². The molecule has 1 aliphatic rings. The van der Waals surface area contributed by atoms with Gasteiger partial charge in [-0.05, 0) is 54.2 Å². The van der Waals surface area contributed by atoms with E-state index in [-0.39, 0.29) is 28.7 Å². The highest BCUT2D eigenvalue weighted by molar-refractivity contribution is 7.89. The largest absolute Gasteiger partial charge is 0.416 e. The third-order valence-corrected chi connectivity index (χ3v) is 7.08. The fourth-order valence-corrected chi connectivity index (χ4v) is 5.59. The van der Waals surface area contributed by atoms with E-state index in [1.54, 1.807) is 0 Å². The van der Waals surface area contributed by atoms with Crippen molar-refractivity contribution in [2.24, 2.45) is 11.8 Å². The zero-order valence-corrected chi connectivity index (χ0v) is 18.1. The summed E-state index contributed by atoms with van der Waals surface area (Å²) in [7, 11) is -3.63. The number of sulfonamides is 1. The molecule has 31 heavy (non-hydrogen) atoms. The number of alkyl halides is 3. The molecule has 0 spiro atoms. The molecule has 168 valence electrons. The zero-order chi connectivity index (χ0) is 22.8. The smallest absolute Gasteiger partial charge is 0.326 e. The van der Waals surface area contributed by atoms with Crippen molar-refractivity contribution < 1.29 is 26.4 Å². The molecule has 0 unspecified atom stereocenters. The second-order valence-electron chi connectivity index (χ2n) is 8.22. The third kappa shape index (κ3) is 5.86. The number of nitrogens with zero attached hydrogens (tertiary/aromatic N) is 1. The van der Waals surface area contributed by atoms with Crippen LogP contribution in [0.3, 0.4) is 0 Å². The van der Waals surface area contributed by atoms with E-state index < -0.39 is 27.7 Å². The van der Waals surface area contributed by atoms with Crippen LogP contribution in [0.5, 0.6) is 0 Å². The molecule has 1 amide bonds. The van der Waals surface area contributed by atoms with Crippen molar-refractivity contribution in [2.75, 3.05) is 18.4 Å². The molecule has 0 aromatic heterocycles. The molecule has 1 saturated heterocycles. The molecule has 2 atom stereocenters. The summed E-state index contributed by atoms with van der Waals surface area (Å²) in [5.41, 5.74) is -0.204. The normalized spacial score (nSPS) is 20.4. The fraction of sp³-hybridized carbons (Fsp3) is 0.409. The Morgan fingerprint density at radius 2 is 1.68 bits per heavy atom. The molecule has 1 fully saturated rings. The standard InChI is InChI=1S/C22H25F3N2O3S/c1-15-10-16(2)14-27(13-15)31(29,30)20-8-6-19(7-9-20)26-21(28)12-17-4-3-5-18(11-17)22(23,24)25/h3-9,11,15-16H,10,12-14H2,1-2H3,(H,26,28)/t15-,16+. The average Bonchev–Trinajstić information content (AvgIpc) is 2.67. The molecule has 1 N–H and O–H groups in total. The number of hydrogen-bond acceptors (Lipinski definition) is 3. The average molecular weight is 455 g/mol. The second kappa shape index (κ2) is 9.00. The van der Waals surface area contributed by atoms with Crippen LogP contribution in [0.2, 0.25) is 0 Å². The summed E-state index contributed by atoms with van der Waals surface area (Å²) in [5.74, 6) is 0.0782. The second-order valence-corrected chi connectivity index (χ2v) is 10.2. The van der Waals surface area contributed by atoms with Crippen molar-refractivity contribution in [3.8, 4) is 0 Å². The first-order chi connectivity index (χ1) is 14.4. The van der Waals surface area contributed by atoms with Crippen molar-refractivity contribution in [1.29, 1.82) is 0 Å². The van der Waals surface area contributed by atoms with Crippen LogP contribution in [0.4, 0.5) is 18.9 Å². The van der Waals surface area contributed by atoms with E-state index in [4.69, 9.17) is 0 Å². The highest BCUT2D eigenvalue weighted by Gasteiger charge is 2.32. The van der Waals surface area contributed by atoms with E-state index in [0.717, 1.165) is 18.6 Å². The number of piperidine rings is 1. The van der Waals surface area contributed by atoms with Gasteiger partial charge >= 0.3 is 6.18 Å². The first-order valence-electron chi connectivity index (χ1n) is 10.0. The number of carbonyl (C=O) groups is 1. The molecular formula is C22H25F3N2O3S. The number of amides is 1. The Balaban J connectivity index is 1.66. The van der Waals surface area contributed by atoms with Gasteiger partial charge in [-0.3, -0.25) is 4.79 Å². The van der Waals surface area contributed by atoms with Crippen LogP contribution >= 0.6 is 0 Å². The van der Waals surface area contributed by atoms with Crippen molar-refractivity contribution in [2.45, 2.75) is 37.8 Å². The Labute approximate surface area is 180 Å². The molecule has 2 aromatic rings. The van der Waals surface area contributed by atoms with Gasteiger partial charge in [-0.1, -0.05) is 32.0 Å². The van der Waals surface area contributed by atoms with Crippen molar-refractivity contribution in [1.82, 2.24) is 4.31 Å². The van der Waals surface area contributed by atoms with E-state index >= 15 is 0 Å². The summed E-state index contributed by atoms with van der Waals surface area (Å²) in [6.07, 6.45) is -3.71. The molecule has 3 rings (SSSR count). The van der Waals surface area contributed by atoms with Gasteiger partial charge in [0.05, 0.1) is 16.9 Å². The van der Waals surface area contributed by atoms with Crippen LogP contribution in [-0.2, 0) is 27.4 Å². The highest BCUT2D eigenvalue weighted by atomic mass is 32.2. The summed E-state index contributed by atoms with van der Waals surface area (Å²) < 4.78 is 65.7. The summed E-state index contributed by atoms with van der Waals surface area (Å²) in [5, 5.41) is 2.59. The number of anilines is 1. The van der Waals surface area contributed by atoms with Gasteiger partial charge in [-0.15, -0.1) is 0 Å². The van der Waals surface area contributed by atoms with E-state index in [0.29, 0.717) is 18.8 Å². The molecule has 1 aliphatic heterocycles. The summed E-state index contributed by atoms with van der Waals surface area (Å²) >= 11 is 0. The van der Waals surface area contributed by atoms with Gasteiger partial charge in [0.2, 0.25) is 15.9 Å². The summed E-state index contributed by atoms with van der Waals surface area (Å²) in [6, 6.07) is 10.4. The van der Waals surface area contributed by atoms with E-state index in [1.807, 2.05) is 13.8 Å². The first kappa shape index (κ1) is 23.3. The van der Waals surface area contributed by atoms with Crippen LogP contribution in [-0.4, -0.2) is 31.7 Å². The van der Waals surface area contributed by atoms with Gasteiger partial charge < -0.3 is 5.32 Å². The van der Waals surface area contributed by atoms with E-state index in [9.17, 15) is 26.4 Å². The number of halogens is 3. The van der Waals surface area contributed by atoms with E-state index in [2.05, 4.69) is 5.32 Å². The Morgan fingerprint density at radius 3 is 2.26 bits per heavy atom. The molecular weight excluding hydrogens is 429 g/mol. The number of benzene rings is 2. The van der Waals surface area contributed by atoms with Gasteiger partial charge in [0.25, 0.3) is 0 Å². The van der Waals surface area contributed by atoms with Crippen LogP contribution < -0.4 is 5.32 Å². The lowest BCUT2D eigenvalue weighted by atomic mass is 9.94. The van der Waals surface area contributed by atoms with Crippen LogP contribution in [0.25, 0.3) is 0 Å². The fourth-order valence-electron chi connectivity index (χ4n) is 3.91. The van der Waals surface area contributed by atoms with Crippen molar-refractivity contribution in [3.05, 3.63) is 59.7 Å². The minimum absolute atomic E-state index is 0.143. The van der Waals surface area contributed by atoms with Gasteiger partial charge in [0.1, 0.15) is 0 Å². The van der Waals surface area contributed by atoms with Gasteiger partial charge in [-0.25, -0.2) is 8.42 Å². The Bertz CT molecular complexity index is 1030. The maximum Gasteiger partial charge on any atom is 0.416 e. The van der Waals surface area contributed by atoms with Crippen LogP contribution in [0.1, 0.15) is 31.4 Å². The predicted molar refractivity (Wildman–Crippen MR) is 112 cm³/mol. The molecule has 0 radical (unpaired) electrons. The molecule has 1 heterocycles. The number of rotatable bonds is 5. The Morgan fingerprint density at radius 1 is 1.06 bits per heavy atom. The lowest BCUT2D eigenvalue weighted by Crippen LogP contribution is -2.42. The van der Waals surface area contributed by atoms with Gasteiger partial charge in [-0.2, -0.15) is 17.5 Å². The highest BCUT2D eigenvalue weighted by Crippen LogP contribution is 2.30. The molecule has 2 aromatic carbocycles. The lowest BCUT2D eigenvalue weighted by molar-refractivity contribution is -0.137. The number of nitrogens with one attached hydrogen (secondary N) is 1. The van der Waals surface area contributed by atoms with Crippen molar-refractivity contribution >= 4 is 21.6 Å². The molecule has 0 aliphatic carbocycles. The van der Waals surface area contributed by atoms with Crippen LogP contribution in [0, 0.1) is 11.8 Å². The minimum atomic E-state index is -4.47. The number of hydrogen-bond donors (Lipinski definition) is 1.